The third-order valence-electron chi connectivity index (χ3n) is 4.97. The molecule has 1 amide bonds. The lowest BCUT2D eigenvalue weighted by atomic mass is 10.1. The summed E-state index contributed by atoms with van der Waals surface area (Å²) < 4.78 is 1.78. The summed E-state index contributed by atoms with van der Waals surface area (Å²) in [6, 6.07) is 12.5. The van der Waals surface area contributed by atoms with Crippen molar-refractivity contribution in [3.05, 3.63) is 73.7 Å². The topological polar surface area (TPSA) is 58.1 Å². The second kappa shape index (κ2) is 9.37. The zero-order valence-corrected chi connectivity index (χ0v) is 18.1. The van der Waals surface area contributed by atoms with Crippen LogP contribution in [0.25, 0.3) is 10.9 Å². The van der Waals surface area contributed by atoms with Crippen LogP contribution in [0.1, 0.15) is 42.6 Å². The van der Waals surface area contributed by atoms with E-state index in [1.807, 2.05) is 30.0 Å². The van der Waals surface area contributed by atoms with Gasteiger partial charge in [0.2, 0.25) is 0 Å². The maximum absolute atomic E-state index is 13.0. The molecule has 3 rings (SSSR count). The highest BCUT2D eigenvalue weighted by molar-refractivity contribution is 7.71. The van der Waals surface area contributed by atoms with E-state index in [9.17, 15) is 9.59 Å². The van der Waals surface area contributed by atoms with Gasteiger partial charge in [-0.15, -0.1) is 0 Å². The van der Waals surface area contributed by atoms with Gasteiger partial charge in [0.05, 0.1) is 17.4 Å². The molecule has 2 aromatic carbocycles. The molecule has 29 heavy (non-hydrogen) atoms. The normalized spacial score (nSPS) is 11.0. The Morgan fingerprint density at radius 2 is 1.97 bits per heavy atom. The highest BCUT2D eigenvalue weighted by Crippen LogP contribution is 2.17. The fourth-order valence-electron chi connectivity index (χ4n) is 3.26. The van der Waals surface area contributed by atoms with Crippen molar-refractivity contribution in [3.8, 4) is 0 Å². The summed E-state index contributed by atoms with van der Waals surface area (Å²) in [5, 5.41) is 1.07. The number of rotatable bonds is 7. The number of carbonyl (C=O) groups excluding carboxylic acids is 1. The van der Waals surface area contributed by atoms with Crippen LogP contribution in [0.4, 0.5) is 0 Å². The Labute approximate surface area is 179 Å². The van der Waals surface area contributed by atoms with Gasteiger partial charge in [-0.05, 0) is 55.4 Å². The van der Waals surface area contributed by atoms with Gasteiger partial charge in [-0.2, -0.15) is 0 Å². The van der Waals surface area contributed by atoms with E-state index in [4.69, 9.17) is 23.8 Å². The number of halogens is 1. The van der Waals surface area contributed by atoms with Gasteiger partial charge in [0, 0.05) is 23.7 Å². The third kappa shape index (κ3) is 4.60. The number of aromatic amines is 1. The lowest BCUT2D eigenvalue weighted by Crippen LogP contribution is -2.31. The molecule has 0 spiro atoms. The Bertz CT molecular complexity index is 1150. The van der Waals surface area contributed by atoms with E-state index in [1.54, 1.807) is 24.3 Å². The Balaban J connectivity index is 1.99. The molecule has 152 valence electrons. The molecule has 0 radical (unpaired) electrons. The SMILES string of the molecule is CCCCN(CC)C(=O)c1ccc2c(=O)n(Cc3ccccc3Cl)c(=S)[nH]c2c1. The number of carbonyl (C=O) groups is 1. The van der Waals surface area contributed by atoms with Gasteiger partial charge < -0.3 is 9.88 Å². The van der Waals surface area contributed by atoms with Crippen LogP contribution in [0.5, 0.6) is 0 Å². The van der Waals surface area contributed by atoms with Crippen molar-refractivity contribution in [2.75, 3.05) is 13.1 Å². The van der Waals surface area contributed by atoms with Gasteiger partial charge in [0.25, 0.3) is 11.5 Å². The molecule has 0 fully saturated rings. The Morgan fingerprint density at radius 3 is 2.66 bits per heavy atom. The van der Waals surface area contributed by atoms with Crippen LogP contribution in [-0.2, 0) is 6.54 Å². The van der Waals surface area contributed by atoms with E-state index in [1.165, 1.54) is 4.57 Å². The molecule has 0 unspecified atom stereocenters. The Hall–Kier alpha value is -2.44. The average Bonchev–Trinajstić information content (AvgIpc) is 2.72. The van der Waals surface area contributed by atoms with Crippen LogP contribution in [-0.4, -0.2) is 33.4 Å². The molecule has 0 saturated carbocycles. The molecule has 1 N–H and O–H groups in total. The molecule has 3 aromatic rings. The summed E-state index contributed by atoms with van der Waals surface area (Å²) in [5.74, 6) is -0.0394. The summed E-state index contributed by atoms with van der Waals surface area (Å²) in [5.41, 5.74) is 1.72. The molecule has 0 saturated heterocycles. The second-order valence-electron chi connectivity index (χ2n) is 6.91. The van der Waals surface area contributed by atoms with E-state index in [0.717, 1.165) is 24.9 Å². The van der Waals surface area contributed by atoms with Gasteiger partial charge in [-0.1, -0.05) is 43.1 Å². The lowest BCUT2D eigenvalue weighted by molar-refractivity contribution is 0.0762. The first-order valence-electron chi connectivity index (χ1n) is 9.75. The van der Waals surface area contributed by atoms with Crippen molar-refractivity contribution in [3.63, 3.8) is 0 Å². The molecule has 7 heteroatoms. The number of aromatic nitrogens is 2. The minimum Gasteiger partial charge on any atom is -0.339 e. The predicted octanol–water partition coefficient (Wildman–Crippen LogP) is 5.02. The number of amides is 1. The quantitative estimate of drug-likeness (QED) is 0.536. The maximum Gasteiger partial charge on any atom is 0.262 e. The molecular weight excluding hydrogens is 406 g/mol. The number of hydrogen-bond donors (Lipinski definition) is 1. The molecular formula is C22H24ClN3O2S. The zero-order valence-electron chi connectivity index (χ0n) is 16.6. The molecule has 0 atom stereocenters. The van der Waals surface area contributed by atoms with E-state index >= 15 is 0 Å². The van der Waals surface area contributed by atoms with Crippen LogP contribution in [0, 0.1) is 4.77 Å². The van der Waals surface area contributed by atoms with E-state index in [-0.39, 0.29) is 18.0 Å². The Kier molecular flexibility index (Phi) is 6.87. The number of unbranched alkanes of at least 4 members (excludes halogenated alkanes) is 1. The van der Waals surface area contributed by atoms with Crippen LogP contribution in [0.3, 0.4) is 0 Å². The highest BCUT2D eigenvalue weighted by atomic mass is 35.5. The highest BCUT2D eigenvalue weighted by Gasteiger charge is 2.16. The molecule has 0 bridgehead atoms. The van der Waals surface area contributed by atoms with Gasteiger partial charge in [-0.25, -0.2) is 0 Å². The van der Waals surface area contributed by atoms with Crippen molar-refractivity contribution in [1.82, 2.24) is 14.5 Å². The fraction of sp³-hybridized carbons (Fsp3) is 0.318. The second-order valence-corrected chi connectivity index (χ2v) is 7.71. The maximum atomic E-state index is 13.0. The number of fused-ring (bicyclic) bond motifs is 1. The third-order valence-corrected chi connectivity index (χ3v) is 5.66. The standard InChI is InChI=1S/C22H24ClN3O2S/c1-3-5-12-25(4-2)20(27)15-10-11-17-19(13-15)24-22(29)26(21(17)28)14-16-8-6-7-9-18(16)23/h6-11,13H,3-5,12,14H2,1-2H3,(H,24,29). The monoisotopic (exact) mass is 429 g/mol. The number of nitrogens with one attached hydrogen (secondary N) is 1. The minimum atomic E-state index is -0.207. The van der Waals surface area contributed by atoms with Crippen molar-refractivity contribution in [2.24, 2.45) is 0 Å². The van der Waals surface area contributed by atoms with Gasteiger partial charge >= 0.3 is 0 Å². The number of H-pyrrole nitrogens is 1. The predicted molar refractivity (Wildman–Crippen MR) is 120 cm³/mol. The van der Waals surface area contributed by atoms with Gasteiger partial charge in [0.1, 0.15) is 0 Å². The van der Waals surface area contributed by atoms with E-state index in [2.05, 4.69) is 11.9 Å². The van der Waals surface area contributed by atoms with Crippen LogP contribution < -0.4 is 5.56 Å². The van der Waals surface area contributed by atoms with Crippen molar-refractivity contribution >= 4 is 40.6 Å². The van der Waals surface area contributed by atoms with E-state index in [0.29, 0.717) is 32.8 Å². The lowest BCUT2D eigenvalue weighted by Gasteiger charge is -2.20. The number of benzene rings is 2. The van der Waals surface area contributed by atoms with Crippen molar-refractivity contribution in [2.45, 2.75) is 33.2 Å². The number of nitrogens with zero attached hydrogens (tertiary/aromatic N) is 2. The molecule has 5 nitrogen and oxygen atoms in total. The largest absolute Gasteiger partial charge is 0.339 e. The first-order chi connectivity index (χ1) is 14.0. The molecule has 0 aliphatic rings. The minimum absolute atomic E-state index is 0.0394. The molecule has 1 aromatic heterocycles. The first kappa shape index (κ1) is 21.3. The van der Waals surface area contributed by atoms with Crippen molar-refractivity contribution in [1.29, 1.82) is 0 Å². The first-order valence-corrected chi connectivity index (χ1v) is 10.5. The zero-order chi connectivity index (χ0) is 21.0. The van der Waals surface area contributed by atoms with Crippen molar-refractivity contribution < 1.29 is 4.79 Å². The van der Waals surface area contributed by atoms with Crippen LogP contribution in [0.15, 0.2) is 47.3 Å². The Morgan fingerprint density at radius 1 is 1.21 bits per heavy atom. The molecule has 1 heterocycles. The number of hydrogen-bond acceptors (Lipinski definition) is 3. The van der Waals surface area contributed by atoms with Crippen LogP contribution >= 0.6 is 23.8 Å². The van der Waals surface area contributed by atoms with E-state index < -0.39 is 0 Å². The summed E-state index contributed by atoms with van der Waals surface area (Å²) >= 11 is 11.6. The molecule has 0 aliphatic carbocycles. The van der Waals surface area contributed by atoms with Gasteiger partial charge in [0.15, 0.2) is 4.77 Å². The van der Waals surface area contributed by atoms with Gasteiger partial charge in [-0.3, -0.25) is 14.2 Å². The smallest absolute Gasteiger partial charge is 0.262 e. The fourth-order valence-corrected chi connectivity index (χ4v) is 3.72. The summed E-state index contributed by atoms with van der Waals surface area (Å²) in [6.45, 7) is 5.72. The summed E-state index contributed by atoms with van der Waals surface area (Å²) in [4.78, 5) is 30.8. The summed E-state index contributed by atoms with van der Waals surface area (Å²) in [6.07, 6.45) is 1.99. The van der Waals surface area contributed by atoms with Crippen LogP contribution in [0.2, 0.25) is 5.02 Å². The summed E-state index contributed by atoms with van der Waals surface area (Å²) in [7, 11) is 0. The average molecular weight is 430 g/mol. The molecule has 0 aliphatic heterocycles.